The SMILES string of the molecule is CCCn1c(SCC(=O)NC23CC4CC(CC(C4)C2)C3)nnc1-c1cccc(C)c1. The lowest BCUT2D eigenvalue weighted by molar-refractivity contribution is -0.124. The van der Waals surface area contributed by atoms with Gasteiger partial charge < -0.3 is 9.88 Å². The second-order valence-corrected chi connectivity index (χ2v) is 10.8. The lowest BCUT2D eigenvalue weighted by atomic mass is 9.53. The summed E-state index contributed by atoms with van der Waals surface area (Å²) >= 11 is 1.52. The molecule has 1 aromatic carbocycles. The van der Waals surface area contributed by atoms with Crippen LogP contribution in [0.15, 0.2) is 29.4 Å². The maximum atomic E-state index is 12.9. The van der Waals surface area contributed by atoms with Crippen LogP contribution >= 0.6 is 11.8 Å². The molecule has 6 heteroatoms. The van der Waals surface area contributed by atoms with Gasteiger partial charge in [-0.3, -0.25) is 4.79 Å². The van der Waals surface area contributed by atoms with Crippen LogP contribution in [-0.2, 0) is 11.3 Å². The summed E-state index contributed by atoms with van der Waals surface area (Å²) in [6, 6.07) is 8.37. The zero-order valence-electron chi connectivity index (χ0n) is 18.1. The molecule has 4 aliphatic carbocycles. The third-order valence-electron chi connectivity index (χ3n) is 7.22. The van der Waals surface area contributed by atoms with Gasteiger partial charge in [-0.1, -0.05) is 42.4 Å². The molecule has 1 aromatic heterocycles. The summed E-state index contributed by atoms with van der Waals surface area (Å²) in [6.07, 6.45) is 8.77. The quantitative estimate of drug-likeness (QED) is 0.646. The first-order valence-electron chi connectivity index (χ1n) is 11.5. The number of aromatic nitrogens is 3. The minimum absolute atomic E-state index is 0.0796. The lowest BCUT2D eigenvalue weighted by Crippen LogP contribution is -2.60. The van der Waals surface area contributed by atoms with Gasteiger partial charge in [0.2, 0.25) is 5.91 Å². The molecule has 4 bridgehead atoms. The van der Waals surface area contributed by atoms with E-state index in [-0.39, 0.29) is 11.4 Å². The number of hydrogen-bond donors (Lipinski definition) is 1. The van der Waals surface area contributed by atoms with Gasteiger partial charge in [-0.25, -0.2) is 0 Å². The first-order chi connectivity index (χ1) is 14.5. The molecule has 0 atom stereocenters. The molecule has 2 aromatic rings. The molecule has 1 N–H and O–H groups in total. The summed E-state index contributed by atoms with van der Waals surface area (Å²) in [7, 11) is 0. The summed E-state index contributed by atoms with van der Waals surface area (Å²) in [5.41, 5.74) is 2.37. The van der Waals surface area contributed by atoms with E-state index in [1.807, 2.05) is 0 Å². The summed E-state index contributed by atoms with van der Waals surface area (Å²) in [6.45, 7) is 5.11. The highest BCUT2D eigenvalue weighted by molar-refractivity contribution is 7.99. The monoisotopic (exact) mass is 424 g/mol. The molecule has 0 unspecified atom stereocenters. The first-order valence-corrected chi connectivity index (χ1v) is 12.5. The fourth-order valence-electron chi connectivity index (χ4n) is 6.54. The molecule has 160 valence electrons. The van der Waals surface area contributed by atoms with Crippen LogP contribution < -0.4 is 5.32 Å². The number of benzene rings is 1. The molecule has 1 amide bonds. The maximum absolute atomic E-state index is 12.9. The number of nitrogens with one attached hydrogen (secondary N) is 1. The molecule has 5 nitrogen and oxygen atoms in total. The van der Waals surface area contributed by atoms with Crippen molar-refractivity contribution < 1.29 is 4.79 Å². The Bertz CT molecular complexity index is 902. The Hall–Kier alpha value is -1.82. The molecular formula is C24H32N4OS. The minimum atomic E-state index is 0.0796. The van der Waals surface area contributed by atoms with Gasteiger partial charge in [0.25, 0.3) is 0 Å². The Balaban J connectivity index is 1.27. The van der Waals surface area contributed by atoms with E-state index in [1.54, 1.807) is 0 Å². The molecule has 0 spiro atoms. The van der Waals surface area contributed by atoms with Crippen molar-refractivity contribution >= 4 is 17.7 Å². The largest absolute Gasteiger partial charge is 0.350 e. The van der Waals surface area contributed by atoms with Gasteiger partial charge in [-0.15, -0.1) is 10.2 Å². The van der Waals surface area contributed by atoms with E-state index in [1.165, 1.54) is 55.9 Å². The van der Waals surface area contributed by atoms with Gasteiger partial charge in [0.05, 0.1) is 5.75 Å². The van der Waals surface area contributed by atoms with E-state index >= 15 is 0 Å². The highest BCUT2D eigenvalue weighted by atomic mass is 32.2. The van der Waals surface area contributed by atoms with E-state index in [2.05, 4.69) is 58.2 Å². The second kappa shape index (κ2) is 8.03. The van der Waals surface area contributed by atoms with Gasteiger partial charge in [0.15, 0.2) is 11.0 Å². The molecule has 30 heavy (non-hydrogen) atoms. The van der Waals surface area contributed by atoms with Crippen LogP contribution in [0.3, 0.4) is 0 Å². The fraction of sp³-hybridized carbons (Fsp3) is 0.625. The molecule has 4 saturated carbocycles. The molecule has 4 aliphatic rings. The van der Waals surface area contributed by atoms with Crippen molar-refractivity contribution in [2.75, 3.05) is 5.75 Å². The number of hydrogen-bond acceptors (Lipinski definition) is 4. The number of rotatable bonds is 7. The summed E-state index contributed by atoms with van der Waals surface area (Å²) in [4.78, 5) is 12.9. The Labute approximate surface area is 183 Å². The second-order valence-electron chi connectivity index (χ2n) is 9.86. The number of carbonyl (C=O) groups is 1. The van der Waals surface area contributed by atoms with E-state index in [0.29, 0.717) is 5.75 Å². The Kier molecular flexibility index (Phi) is 5.38. The van der Waals surface area contributed by atoms with Crippen molar-refractivity contribution in [3.63, 3.8) is 0 Å². The predicted molar refractivity (Wildman–Crippen MR) is 120 cm³/mol. The van der Waals surface area contributed by atoms with E-state index < -0.39 is 0 Å². The van der Waals surface area contributed by atoms with Crippen LogP contribution in [0.2, 0.25) is 0 Å². The number of nitrogens with zero attached hydrogens (tertiary/aromatic N) is 3. The zero-order valence-corrected chi connectivity index (χ0v) is 18.9. The average molecular weight is 425 g/mol. The van der Waals surface area contributed by atoms with Gasteiger partial charge in [0, 0.05) is 17.6 Å². The van der Waals surface area contributed by atoms with Crippen LogP contribution in [0.4, 0.5) is 0 Å². The van der Waals surface area contributed by atoms with Gasteiger partial charge in [-0.05, 0) is 75.7 Å². The highest BCUT2D eigenvalue weighted by Gasteiger charge is 2.51. The van der Waals surface area contributed by atoms with Gasteiger partial charge in [0.1, 0.15) is 0 Å². The van der Waals surface area contributed by atoms with Crippen LogP contribution in [-0.4, -0.2) is 32.0 Å². The number of amides is 1. The standard InChI is InChI=1S/C24H32N4OS/c1-3-7-28-22(20-6-4-5-16(2)8-20)26-27-23(28)30-15-21(29)25-24-12-17-9-18(13-24)11-19(10-17)14-24/h4-6,8,17-19H,3,7,9-15H2,1-2H3,(H,25,29). The normalized spacial score (nSPS) is 29.3. The van der Waals surface area contributed by atoms with Crippen molar-refractivity contribution in [2.24, 2.45) is 17.8 Å². The van der Waals surface area contributed by atoms with Gasteiger partial charge >= 0.3 is 0 Å². The first kappa shape index (κ1) is 20.1. The summed E-state index contributed by atoms with van der Waals surface area (Å²) in [5.74, 6) is 3.99. The summed E-state index contributed by atoms with van der Waals surface area (Å²) in [5, 5.41) is 13.2. The van der Waals surface area contributed by atoms with E-state index in [4.69, 9.17) is 0 Å². The number of carbonyl (C=O) groups excluding carboxylic acids is 1. The molecule has 6 rings (SSSR count). The number of aryl methyl sites for hydroxylation is 1. The van der Waals surface area contributed by atoms with E-state index in [0.717, 1.165) is 47.3 Å². The molecule has 0 aliphatic heterocycles. The van der Waals surface area contributed by atoms with Crippen molar-refractivity contribution in [3.05, 3.63) is 29.8 Å². The van der Waals surface area contributed by atoms with E-state index in [9.17, 15) is 4.79 Å². The Morgan fingerprint density at radius 3 is 2.50 bits per heavy atom. The molecular weight excluding hydrogens is 392 g/mol. The van der Waals surface area contributed by atoms with Gasteiger partial charge in [-0.2, -0.15) is 0 Å². The maximum Gasteiger partial charge on any atom is 0.230 e. The van der Waals surface area contributed by atoms with Crippen molar-refractivity contribution in [1.29, 1.82) is 0 Å². The molecule has 4 fully saturated rings. The van der Waals surface area contributed by atoms with Crippen LogP contribution in [0.5, 0.6) is 0 Å². The summed E-state index contributed by atoms with van der Waals surface area (Å²) < 4.78 is 2.16. The van der Waals surface area contributed by atoms with Crippen LogP contribution in [0.25, 0.3) is 11.4 Å². The smallest absolute Gasteiger partial charge is 0.230 e. The third kappa shape index (κ3) is 3.91. The Morgan fingerprint density at radius 1 is 1.17 bits per heavy atom. The lowest BCUT2D eigenvalue weighted by Gasteiger charge is -2.56. The molecule has 0 radical (unpaired) electrons. The van der Waals surface area contributed by atoms with Crippen LogP contribution in [0, 0.1) is 24.7 Å². The fourth-order valence-corrected chi connectivity index (χ4v) is 7.31. The topological polar surface area (TPSA) is 59.8 Å². The molecule has 0 saturated heterocycles. The Morgan fingerprint density at radius 2 is 1.87 bits per heavy atom. The van der Waals surface area contributed by atoms with Crippen LogP contribution in [0.1, 0.15) is 57.4 Å². The van der Waals surface area contributed by atoms with Crippen molar-refractivity contribution in [3.8, 4) is 11.4 Å². The van der Waals surface area contributed by atoms with Crippen molar-refractivity contribution in [2.45, 2.75) is 76.0 Å². The molecule has 1 heterocycles. The van der Waals surface area contributed by atoms with Crippen molar-refractivity contribution in [1.82, 2.24) is 20.1 Å². The minimum Gasteiger partial charge on any atom is -0.350 e. The third-order valence-corrected chi connectivity index (χ3v) is 8.18. The zero-order chi connectivity index (χ0) is 20.7. The average Bonchev–Trinajstić information content (AvgIpc) is 3.08. The predicted octanol–water partition coefficient (Wildman–Crippen LogP) is 4.84. The highest BCUT2D eigenvalue weighted by Crippen LogP contribution is 2.55. The number of thioether (sulfide) groups is 1.